The van der Waals surface area contributed by atoms with E-state index in [0.29, 0.717) is 5.25 Å². The van der Waals surface area contributed by atoms with E-state index in [4.69, 9.17) is 0 Å². The van der Waals surface area contributed by atoms with Crippen LogP contribution in [0.5, 0.6) is 0 Å². The van der Waals surface area contributed by atoms with Gasteiger partial charge in [0.15, 0.2) is 0 Å². The standard InChI is InChI=1S/C17H19NOS2/c1-12(2)21-16-7-5-4-6-15(16)17(19)18-13-8-10-14(20-3)11-9-13/h4-12H,1-3H3,(H,18,19). The van der Waals surface area contributed by atoms with Crippen molar-refractivity contribution in [2.45, 2.75) is 28.9 Å². The van der Waals surface area contributed by atoms with E-state index >= 15 is 0 Å². The number of hydrogen-bond donors (Lipinski definition) is 1. The lowest BCUT2D eigenvalue weighted by Crippen LogP contribution is -2.13. The maximum Gasteiger partial charge on any atom is 0.256 e. The molecule has 2 aromatic rings. The second-order valence-electron chi connectivity index (χ2n) is 4.85. The minimum Gasteiger partial charge on any atom is -0.322 e. The van der Waals surface area contributed by atoms with Crippen molar-refractivity contribution >= 4 is 35.1 Å². The van der Waals surface area contributed by atoms with Crippen LogP contribution in [-0.2, 0) is 0 Å². The number of nitrogens with one attached hydrogen (secondary N) is 1. The average molecular weight is 317 g/mol. The number of benzene rings is 2. The first-order valence-electron chi connectivity index (χ1n) is 6.81. The van der Waals surface area contributed by atoms with Crippen LogP contribution in [0.15, 0.2) is 58.3 Å². The molecule has 0 aliphatic carbocycles. The maximum atomic E-state index is 12.4. The van der Waals surface area contributed by atoms with Gasteiger partial charge in [-0.15, -0.1) is 23.5 Å². The molecule has 0 radical (unpaired) electrons. The first-order valence-corrected chi connectivity index (χ1v) is 8.91. The molecule has 21 heavy (non-hydrogen) atoms. The van der Waals surface area contributed by atoms with Gasteiger partial charge in [-0.2, -0.15) is 0 Å². The van der Waals surface area contributed by atoms with E-state index in [1.165, 1.54) is 4.90 Å². The minimum absolute atomic E-state index is 0.0596. The zero-order valence-electron chi connectivity index (χ0n) is 12.4. The molecule has 0 atom stereocenters. The van der Waals surface area contributed by atoms with Crippen LogP contribution < -0.4 is 5.32 Å². The fraction of sp³-hybridized carbons (Fsp3) is 0.235. The summed E-state index contributed by atoms with van der Waals surface area (Å²) >= 11 is 3.39. The van der Waals surface area contributed by atoms with Gasteiger partial charge >= 0.3 is 0 Å². The van der Waals surface area contributed by atoms with Crippen molar-refractivity contribution in [3.8, 4) is 0 Å². The number of carbonyl (C=O) groups is 1. The highest BCUT2D eigenvalue weighted by Crippen LogP contribution is 2.27. The van der Waals surface area contributed by atoms with Crippen molar-refractivity contribution in [3.05, 3.63) is 54.1 Å². The van der Waals surface area contributed by atoms with Crippen molar-refractivity contribution in [1.29, 1.82) is 0 Å². The van der Waals surface area contributed by atoms with E-state index in [0.717, 1.165) is 16.1 Å². The van der Waals surface area contributed by atoms with Gasteiger partial charge in [0.25, 0.3) is 5.91 Å². The summed E-state index contributed by atoms with van der Waals surface area (Å²) in [5, 5.41) is 3.41. The van der Waals surface area contributed by atoms with Gasteiger partial charge in [0.05, 0.1) is 5.56 Å². The van der Waals surface area contributed by atoms with Crippen LogP contribution in [0.4, 0.5) is 5.69 Å². The fourth-order valence-corrected chi connectivity index (χ4v) is 3.24. The van der Waals surface area contributed by atoms with Gasteiger partial charge in [-0.25, -0.2) is 0 Å². The third kappa shape index (κ3) is 4.55. The molecule has 0 aliphatic heterocycles. The summed E-state index contributed by atoms with van der Waals surface area (Å²) in [6, 6.07) is 15.6. The van der Waals surface area contributed by atoms with Crippen molar-refractivity contribution in [1.82, 2.24) is 0 Å². The van der Waals surface area contributed by atoms with Crippen molar-refractivity contribution in [3.63, 3.8) is 0 Å². The van der Waals surface area contributed by atoms with E-state index in [9.17, 15) is 4.79 Å². The molecule has 0 aromatic heterocycles. The fourth-order valence-electron chi connectivity index (χ4n) is 1.88. The van der Waals surface area contributed by atoms with E-state index < -0.39 is 0 Å². The van der Waals surface area contributed by atoms with Crippen LogP contribution in [0, 0.1) is 0 Å². The molecule has 0 saturated heterocycles. The average Bonchev–Trinajstić information content (AvgIpc) is 2.48. The topological polar surface area (TPSA) is 29.1 Å². The Bertz CT molecular complexity index is 608. The molecule has 2 aromatic carbocycles. The van der Waals surface area contributed by atoms with E-state index in [-0.39, 0.29) is 5.91 Å². The lowest BCUT2D eigenvalue weighted by Gasteiger charge is -2.11. The number of amides is 1. The number of anilines is 1. The number of rotatable bonds is 5. The maximum absolute atomic E-state index is 12.4. The first kappa shape index (κ1) is 16.0. The van der Waals surface area contributed by atoms with Gasteiger partial charge in [-0.05, 0) is 42.7 Å². The van der Waals surface area contributed by atoms with Crippen LogP contribution in [0.25, 0.3) is 0 Å². The highest BCUT2D eigenvalue weighted by Gasteiger charge is 2.12. The summed E-state index contributed by atoms with van der Waals surface area (Å²) in [5.74, 6) is -0.0596. The number of hydrogen-bond acceptors (Lipinski definition) is 3. The van der Waals surface area contributed by atoms with Gasteiger partial charge in [-0.3, -0.25) is 4.79 Å². The van der Waals surface area contributed by atoms with Crippen molar-refractivity contribution < 1.29 is 4.79 Å². The Labute approximate surface area is 134 Å². The molecular weight excluding hydrogens is 298 g/mol. The Balaban J connectivity index is 2.16. The molecule has 2 rings (SSSR count). The number of carbonyl (C=O) groups excluding carboxylic acids is 1. The Hall–Kier alpha value is -1.39. The minimum atomic E-state index is -0.0596. The van der Waals surface area contributed by atoms with Gasteiger partial charge in [0, 0.05) is 20.7 Å². The van der Waals surface area contributed by atoms with Crippen LogP contribution in [0.3, 0.4) is 0 Å². The molecule has 0 heterocycles. The molecular formula is C17H19NOS2. The summed E-state index contributed by atoms with van der Waals surface area (Å²) in [6.45, 7) is 4.25. The van der Waals surface area contributed by atoms with Crippen LogP contribution in [0.1, 0.15) is 24.2 Å². The first-order chi connectivity index (χ1) is 10.1. The molecule has 2 nitrogen and oxygen atoms in total. The van der Waals surface area contributed by atoms with E-state index in [1.54, 1.807) is 23.5 Å². The Kier molecular flexibility index (Phi) is 5.76. The molecule has 1 N–H and O–H groups in total. The van der Waals surface area contributed by atoms with Gasteiger partial charge in [-0.1, -0.05) is 26.0 Å². The van der Waals surface area contributed by atoms with Crippen LogP contribution in [0.2, 0.25) is 0 Å². The predicted octanol–water partition coefficient (Wildman–Crippen LogP) is 5.16. The number of thioether (sulfide) groups is 2. The third-order valence-corrected chi connectivity index (χ3v) is 4.67. The van der Waals surface area contributed by atoms with Crippen LogP contribution in [-0.4, -0.2) is 17.4 Å². The highest BCUT2D eigenvalue weighted by molar-refractivity contribution is 8.00. The van der Waals surface area contributed by atoms with Gasteiger partial charge < -0.3 is 5.32 Å². The molecule has 0 saturated carbocycles. The zero-order valence-corrected chi connectivity index (χ0v) is 14.1. The molecule has 0 spiro atoms. The predicted molar refractivity (Wildman–Crippen MR) is 93.6 cm³/mol. The highest BCUT2D eigenvalue weighted by atomic mass is 32.2. The van der Waals surface area contributed by atoms with Gasteiger partial charge in [0.2, 0.25) is 0 Å². The summed E-state index contributed by atoms with van der Waals surface area (Å²) in [6.07, 6.45) is 2.03. The van der Waals surface area contributed by atoms with Crippen molar-refractivity contribution in [2.75, 3.05) is 11.6 Å². The molecule has 110 valence electrons. The third-order valence-electron chi connectivity index (χ3n) is 2.84. The van der Waals surface area contributed by atoms with E-state index in [1.807, 2.05) is 54.8 Å². The lowest BCUT2D eigenvalue weighted by atomic mass is 10.2. The Morgan fingerprint density at radius 2 is 1.71 bits per heavy atom. The summed E-state index contributed by atoms with van der Waals surface area (Å²) in [5.41, 5.74) is 1.55. The smallest absolute Gasteiger partial charge is 0.256 e. The van der Waals surface area contributed by atoms with Crippen LogP contribution >= 0.6 is 23.5 Å². The Morgan fingerprint density at radius 3 is 2.33 bits per heavy atom. The Morgan fingerprint density at radius 1 is 1.05 bits per heavy atom. The molecule has 4 heteroatoms. The zero-order chi connectivity index (χ0) is 15.2. The lowest BCUT2D eigenvalue weighted by molar-refractivity contribution is 0.102. The molecule has 1 amide bonds. The summed E-state index contributed by atoms with van der Waals surface area (Å²) in [4.78, 5) is 14.6. The normalized spacial score (nSPS) is 10.7. The molecule has 0 fully saturated rings. The quantitative estimate of drug-likeness (QED) is 0.772. The summed E-state index contributed by atoms with van der Waals surface area (Å²) < 4.78 is 0. The second kappa shape index (κ2) is 7.57. The molecule has 0 unspecified atom stereocenters. The SMILES string of the molecule is CSc1ccc(NC(=O)c2ccccc2SC(C)C)cc1. The summed E-state index contributed by atoms with van der Waals surface area (Å²) in [7, 11) is 0. The van der Waals surface area contributed by atoms with E-state index in [2.05, 4.69) is 19.2 Å². The molecule has 0 aliphatic rings. The second-order valence-corrected chi connectivity index (χ2v) is 7.34. The van der Waals surface area contributed by atoms with Gasteiger partial charge in [0.1, 0.15) is 0 Å². The molecule has 0 bridgehead atoms. The largest absolute Gasteiger partial charge is 0.322 e. The van der Waals surface area contributed by atoms with Crippen molar-refractivity contribution in [2.24, 2.45) is 0 Å². The monoisotopic (exact) mass is 317 g/mol.